The molecule has 0 atom stereocenters. The maximum Gasteiger partial charge on any atom is 0.132 e. The van der Waals surface area contributed by atoms with Crippen molar-refractivity contribution in [1.82, 2.24) is 4.57 Å². The highest BCUT2D eigenvalue weighted by Gasteiger charge is 2.03. The fourth-order valence-corrected chi connectivity index (χ4v) is 1.73. The molecule has 1 heterocycles. The zero-order chi connectivity index (χ0) is 10.7. The largest absolute Gasteiger partial charge is 0.347 e. The van der Waals surface area contributed by atoms with E-state index in [-0.39, 0.29) is 5.82 Å². The summed E-state index contributed by atoms with van der Waals surface area (Å²) in [6.45, 7) is 0.844. The van der Waals surface area contributed by atoms with Crippen LogP contribution >= 0.6 is 0 Å². The number of aromatic nitrogens is 1. The van der Waals surface area contributed by atoms with Gasteiger partial charge >= 0.3 is 0 Å². The summed E-state index contributed by atoms with van der Waals surface area (Å²) in [5.41, 5.74) is 0.937. The standard InChI is InChI=1S/C13H12FN/c1-2-3-4-9-15-10-8-11-12(14)6-5-7-13(11)15/h1,5-8,10H,3-4,9H2. The molecule has 0 saturated heterocycles. The summed E-state index contributed by atoms with van der Waals surface area (Å²) >= 11 is 0. The molecule has 15 heavy (non-hydrogen) atoms. The molecule has 0 N–H and O–H groups in total. The minimum absolute atomic E-state index is 0.164. The van der Waals surface area contributed by atoms with Crippen LogP contribution in [-0.2, 0) is 6.54 Å². The number of nitrogens with zero attached hydrogens (tertiary/aromatic N) is 1. The lowest BCUT2D eigenvalue weighted by Crippen LogP contribution is -1.95. The number of unbranched alkanes of at least 4 members (excludes halogenated alkanes) is 1. The number of aryl methyl sites for hydroxylation is 1. The number of hydrogen-bond donors (Lipinski definition) is 0. The van der Waals surface area contributed by atoms with Crippen molar-refractivity contribution in [2.24, 2.45) is 0 Å². The lowest BCUT2D eigenvalue weighted by molar-refractivity contribution is 0.638. The van der Waals surface area contributed by atoms with Crippen LogP contribution in [0.4, 0.5) is 4.39 Å². The Hall–Kier alpha value is -1.75. The number of fused-ring (bicyclic) bond motifs is 1. The molecule has 0 spiro atoms. The first-order chi connectivity index (χ1) is 7.33. The van der Waals surface area contributed by atoms with Crippen LogP contribution in [0, 0.1) is 18.2 Å². The lowest BCUT2D eigenvalue weighted by atomic mass is 10.2. The van der Waals surface area contributed by atoms with E-state index in [0.717, 1.165) is 24.9 Å². The van der Waals surface area contributed by atoms with E-state index in [4.69, 9.17) is 6.42 Å². The molecule has 76 valence electrons. The molecular formula is C13H12FN. The van der Waals surface area contributed by atoms with Crippen LogP contribution in [0.25, 0.3) is 10.9 Å². The Balaban J connectivity index is 2.30. The fourth-order valence-electron chi connectivity index (χ4n) is 1.73. The minimum Gasteiger partial charge on any atom is -0.347 e. The van der Waals surface area contributed by atoms with Crippen LogP contribution in [0.1, 0.15) is 12.8 Å². The highest BCUT2D eigenvalue weighted by molar-refractivity contribution is 5.80. The molecule has 1 aromatic carbocycles. The quantitative estimate of drug-likeness (QED) is 0.531. The molecule has 0 bridgehead atoms. The summed E-state index contributed by atoms with van der Waals surface area (Å²) in [4.78, 5) is 0. The molecule has 0 aliphatic heterocycles. The van der Waals surface area contributed by atoms with Crippen molar-refractivity contribution in [1.29, 1.82) is 0 Å². The highest BCUT2D eigenvalue weighted by atomic mass is 19.1. The van der Waals surface area contributed by atoms with Crippen molar-refractivity contribution in [3.63, 3.8) is 0 Å². The SMILES string of the molecule is C#CCCCn1ccc2c(F)cccc21. The predicted molar refractivity (Wildman–Crippen MR) is 60.0 cm³/mol. The second-order valence-electron chi connectivity index (χ2n) is 3.49. The third kappa shape index (κ3) is 1.87. The smallest absolute Gasteiger partial charge is 0.132 e. The number of benzene rings is 1. The molecule has 0 amide bonds. The molecule has 2 aromatic rings. The summed E-state index contributed by atoms with van der Waals surface area (Å²) in [6, 6.07) is 6.94. The average molecular weight is 201 g/mol. The molecule has 0 unspecified atom stereocenters. The van der Waals surface area contributed by atoms with Crippen LogP contribution in [0.15, 0.2) is 30.5 Å². The Kier molecular flexibility index (Phi) is 2.73. The van der Waals surface area contributed by atoms with E-state index >= 15 is 0 Å². The van der Waals surface area contributed by atoms with Crippen LogP contribution < -0.4 is 0 Å². The Labute approximate surface area is 88.5 Å². The van der Waals surface area contributed by atoms with E-state index < -0.39 is 0 Å². The molecule has 0 aliphatic carbocycles. The van der Waals surface area contributed by atoms with Crippen molar-refractivity contribution in [2.75, 3.05) is 0 Å². The van der Waals surface area contributed by atoms with E-state index in [1.165, 1.54) is 6.07 Å². The van der Waals surface area contributed by atoms with E-state index in [1.807, 2.05) is 16.8 Å². The Morgan fingerprint density at radius 3 is 3.00 bits per heavy atom. The van der Waals surface area contributed by atoms with E-state index in [2.05, 4.69) is 5.92 Å². The first-order valence-electron chi connectivity index (χ1n) is 5.00. The van der Waals surface area contributed by atoms with Crippen LogP contribution in [0.3, 0.4) is 0 Å². The molecule has 0 aliphatic rings. The molecule has 0 fully saturated rings. The maximum absolute atomic E-state index is 13.3. The van der Waals surface area contributed by atoms with Crippen molar-refractivity contribution in [2.45, 2.75) is 19.4 Å². The summed E-state index contributed by atoms with van der Waals surface area (Å²) in [5.74, 6) is 2.44. The van der Waals surface area contributed by atoms with Gasteiger partial charge in [0, 0.05) is 24.5 Å². The van der Waals surface area contributed by atoms with Crippen molar-refractivity contribution < 1.29 is 4.39 Å². The van der Waals surface area contributed by atoms with E-state index in [1.54, 1.807) is 12.1 Å². The molecular weight excluding hydrogens is 189 g/mol. The Bertz CT molecular complexity index is 505. The van der Waals surface area contributed by atoms with E-state index in [0.29, 0.717) is 5.39 Å². The van der Waals surface area contributed by atoms with Crippen molar-refractivity contribution >= 4 is 10.9 Å². The van der Waals surface area contributed by atoms with Crippen molar-refractivity contribution in [3.05, 3.63) is 36.3 Å². The van der Waals surface area contributed by atoms with Gasteiger partial charge in [-0.3, -0.25) is 0 Å². The summed E-state index contributed by atoms with van der Waals surface area (Å²) in [5, 5.41) is 0.679. The number of rotatable bonds is 3. The summed E-state index contributed by atoms with van der Waals surface area (Å²) in [6.07, 6.45) is 8.78. The van der Waals surface area contributed by atoms with Gasteiger partial charge in [-0.2, -0.15) is 0 Å². The molecule has 2 rings (SSSR count). The first kappa shape index (κ1) is 9.79. The predicted octanol–water partition coefficient (Wildman–Crippen LogP) is 3.19. The summed E-state index contributed by atoms with van der Waals surface area (Å²) in [7, 11) is 0. The zero-order valence-corrected chi connectivity index (χ0v) is 8.41. The third-order valence-electron chi connectivity index (χ3n) is 2.48. The highest BCUT2D eigenvalue weighted by Crippen LogP contribution is 2.19. The van der Waals surface area contributed by atoms with Gasteiger partial charge in [-0.05, 0) is 24.6 Å². The number of halogens is 1. The first-order valence-corrected chi connectivity index (χ1v) is 5.00. The number of terminal acetylenes is 1. The van der Waals surface area contributed by atoms with Crippen LogP contribution in [0.2, 0.25) is 0 Å². The van der Waals surface area contributed by atoms with Gasteiger partial charge in [0.1, 0.15) is 5.82 Å². The fraction of sp³-hybridized carbons (Fsp3) is 0.231. The van der Waals surface area contributed by atoms with Gasteiger partial charge in [-0.25, -0.2) is 4.39 Å². The van der Waals surface area contributed by atoms with Gasteiger partial charge < -0.3 is 4.57 Å². The minimum atomic E-state index is -0.164. The molecule has 1 nitrogen and oxygen atoms in total. The van der Waals surface area contributed by atoms with Gasteiger partial charge in [0.15, 0.2) is 0 Å². The molecule has 0 radical (unpaired) electrons. The van der Waals surface area contributed by atoms with Crippen LogP contribution in [-0.4, -0.2) is 4.57 Å². The normalized spacial score (nSPS) is 10.4. The molecule has 0 saturated carbocycles. The Morgan fingerprint density at radius 2 is 2.20 bits per heavy atom. The van der Waals surface area contributed by atoms with Crippen molar-refractivity contribution in [3.8, 4) is 12.3 Å². The van der Waals surface area contributed by atoms with Gasteiger partial charge in [-0.1, -0.05) is 6.07 Å². The second-order valence-corrected chi connectivity index (χ2v) is 3.49. The van der Waals surface area contributed by atoms with Crippen LogP contribution in [0.5, 0.6) is 0 Å². The topological polar surface area (TPSA) is 4.93 Å². The van der Waals surface area contributed by atoms with Gasteiger partial charge in [-0.15, -0.1) is 12.3 Å². The summed E-state index contributed by atoms with van der Waals surface area (Å²) < 4.78 is 15.4. The lowest BCUT2D eigenvalue weighted by Gasteiger charge is -2.03. The second kappa shape index (κ2) is 4.18. The van der Waals surface area contributed by atoms with E-state index in [9.17, 15) is 4.39 Å². The third-order valence-corrected chi connectivity index (χ3v) is 2.48. The van der Waals surface area contributed by atoms with Gasteiger partial charge in [0.05, 0.1) is 5.52 Å². The molecule has 2 heteroatoms. The molecule has 1 aromatic heterocycles. The maximum atomic E-state index is 13.3. The zero-order valence-electron chi connectivity index (χ0n) is 8.41. The van der Waals surface area contributed by atoms with Gasteiger partial charge in [0.2, 0.25) is 0 Å². The monoisotopic (exact) mass is 201 g/mol. The number of hydrogen-bond acceptors (Lipinski definition) is 0. The van der Waals surface area contributed by atoms with Gasteiger partial charge in [0.25, 0.3) is 0 Å². The Morgan fingerprint density at radius 1 is 1.33 bits per heavy atom. The average Bonchev–Trinajstić information content (AvgIpc) is 2.64.